The highest BCUT2D eigenvalue weighted by molar-refractivity contribution is 6.05. The molecule has 0 atom stereocenters. The fraction of sp³-hybridized carbons (Fsp3) is 0.333. The highest BCUT2D eigenvalue weighted by atomic mass is 16.5. The van der Waals surface area contributed by atoms with Crippen LogP contribution in [0.5, 0.6) is 0 Å². The molecule has 0 fully saturated rings. The minimum absolute atomic E-state index is 0.0908. The predicted octanol–water partition coefficient (Wildman–Crippen LogP) is 4.66. The molecule has 2 aromatic rings. The molecule has 2 N–H and O–H groups in total. The average molecular weight is 442 g/mol. The van der Waals surface area contributed by atoms with Crippen molar-refractivity contribution in [2.75, 3.05) is 13.2 Å². The number of hydrogen-bond donors (Lipinski definition) is 2. The van der Waals surface area contributed by atoms with Crippen LogP contribution in [0.1, 0.15) is 81.0 Å². The Labute approximate surface area is 185 Å². The number of carboxylic acids is 2. The number of carbonyl (C=O) groups is 4. The Hall–Kier alpha value is -3.68. The highest BCUT2D eigenvalue weighted by Gasteiger charge is 2.21. The minimum Gasteiger partial charge on any atom is -0.478 e. The van der Waals surface area contributed by atoms with E-state index in [2.05, 4.69) is 0 Å². The lowest BCUT2D eigenvalue weighted by atomic mass is 9.96. The third-order valence-corrected chi connectivity index (χ3v) is 4.74. The number of carbonyl (C=O) groups excluding carboxylic acids is 2. The Bertz CT molecular complexity index is 928. The standard InChI is InChI=1S/C24H26O8/c1-3-5-11-31-23(29)17-9-7-15(13-19(17)21(25)26)16-8-10-18(20(14-16)22(27)28)24(30)32-12-6-4-2/h7-10,13-14H,3-6,11-12H2,1-2H3,(H,25,26)(H,27,28). The molecular weight excluding hydrogens is 416 g/mol. The van der Waals surface area contributed by atoms with Crippen molar-refractivity contribution in [2.45, 2.75) is 39.5 Å². The lowest BCUT2D eigenvalue weighted by Crippen LogP contribution is -2.13. The number of aromatic carboxylic acids is 2. The topological polar surface area (TPSA) is 127 Å². The fourth-order valence-corrected chi connectivity index (χ4v) is 2.93. The molecule has 2 rings (SSSR count). The second kappa shape index (κ2) is 11.6. The molecule has 0 saturated carbocycles. The van der Waals surface area contributed by atoms with E-state index in [1.54, 1.807) is 0 Å². The minimum atomic E-state index is -1.32. The van der Waals surface area contributed by atoms with Crippen LogP contribution in [0, 0.1) is 0 Å². The van der Waals surface area contributed by atoms with Gasteiger partial charge in [0.15, 0.2) is 0 Å². The zero-order valence-electron chi connectivity index (χ0n) is 18.1. The second-order valence-electron chi connectivity index (χ2n) is 7.11. The Morgan fingerprint density at radius 1 is 0.656 bits per heavy atom. The maximum Gasteiger partial charge on any atom is 0.339 e. The van der Waals surface area contributed by atoms with E-state index in [4.69, 9.17) is 9.47 Å². The summed E-state index contributed by atoms with van der Waals surface area (Å²) in [6, 6.07) is 8.23. The molecule has 0 aliphatic carbocycles. The first-order valence-electron chi connectivity index (χ1n) is 10.4. The lowest BCUT2D eigenvalue weighted by Gasteiger charge is -2.11. The van der Waals surface area contributed by atoms with Gasteiger partial charge in [-0.1, -0.05) is 38.8 Å². The third-order valence-electron chi connectivity index (χ3n) is 4.74. The van der Waals surface area contributed by atoms with E-state index in [0.717, 1.165) is 12.8 Å². The summed E-state index contributed by atoms with van der Waals surface area (Å²) in [5, 5.41) is 19.1. The highest BCUT2D eigenvalue weighted by Crippen LogP contribution is 2.26. The number of carboxylic acid groups (broad SMARTS) is 2. The SMILES string of the molecule is CCCCOC(=O)c1ccc(-c2ccc(C(=O)OCCCC)c(C(=O)O)c2)cc1C(=O)O. The van der Waals surface area contributed by atoms with Crippen molar-refractivity contribution in [2.24, 2.45) is 0 Å². The van der Waals surface area contributed by atoms with Crippen molar-refractivity contribution in [1.29, 1.82) is 0 Å². The van der Waals surface area contributed by atoms with Crippen LogP contribution >= 0.6 is 0 Å². The third kappa shape index (κ3) is 6.16. The van der Waals surface area contributed by atoms with Crippen molar-refractivity contribution >= 4 is 23.9 Å². The van der Waals surface area contributed by atoms with Crippen LogP contribution in [0.25, 0.3) is 11.1 Å². The maximum atomic E-state index is 12.2. The van der Waals surface area contributed by atoms with Gasteiger partial charge in [-0.2, -0.15) is 0 Å². The molecule has 0 bridgehead atoms. The number of ether oxygens (including phenoxy) is 2. The van der Waals surface area contributed by atoms with Crippen LogP contribution in [0.15, 0.2) is 36.4 Å². The molecular formula is C24H26O8. The zero-order valence-corrected chi connectivity index (χ0v) is 18.1. The van der Waals surface area contributed by atoms with Crippen LogP contribution < -0.4 is 0 Å². The summed E-state index contributed by atoms with van der Waals surface area (Å²) in [6.45, 7) is 4.25. The summed E-state index contributed by atoms with van der Waals surface area (Å²) < 4.78 is 10.2. The maximum absolute atomic E-state index is 12.2. The molecule has 0 amide bonds. The smallest absolute Gasteiger partial charge is 0.339 e. The van der Waals surface area contributed by atoms with Crippen LogP contribution in [0.2, 0.25) is 0 Å². The molecule has 0 unspecified atom stereocenters. The molecule has 0 spiro atoms. The van der Waals surface area contributed by atoms with Crippen molar-refractivity contribution in [3.63, 3.8) is 0 Å². The van der Waals surface area contributed by atoms with Gasteiger partial charge in [0, 0.05) is 0 Å². The fourth-order valence-electron chi connectivity index (χ4n) is 2.93. The van der Waals surface area contributed by atoms with E-state index in [1.165, 1.54) is 36.4 Å². The summed E-state index contributed by atoms with van der Waals surface area (Å²) >= 11 is 0. The summed E-state index contributed by atoms with van der Waals surface area (Å²) in [6.07, 6.45) is 2.98. The summed E-state index contributed by atoms with van der Waals surface area (Å²) in [4.78, 5) is 47.9. The molecule has 0 aromatic heterocycles. The summed E-state index contributed by atoms with van der Waals surface area (Å²) in [7, 11) is 0. The lowest BCUT2D eigenvalue weighted by molar-refractivity contribution is 0.0484. The van der Waals surface area contributed by atoms with Gasteiger partial charge in [0.05, 0.1) is 35.5 Å². The van der Waals surface area contributed by atoms with Crippen molar-refractivity contribution in [3.8, 4) is 11.1 Å². The molecule has 170 valence electrons. The molecule has 2 aromatic carbocycles. The van der Waals surface area contributed by atoms with E-state index < -0.39 is 23.9 Å². The number of esters is 2. The summed E-state index contributed by atoms with van der Waals surface area (Å²) in [5.74, 6) is -4.11. The van der Waals surface area contributed by atoms with Crippen LogP contribution in [0.3, 0.4) is 0 Å². The van der Waals surface area contributed by atoms with Gasteiger partial charge in [-0.25, -0.2) is 19.2 Å². The molecule has 0 saturated heterocycles. The molecule has 0 radical (unpaired) electrons. The van der Waals surface area contributed by atoms with E-state index in [0.29, 0.717) is 24.0 Å². The molecule has 32 heavy (non-hydrogen) atoms. The van der Waals surface area contributed by atoms with Crippen molar-refractivity contribution in [3.05, 3.63) is 58.7 Å². The van der Waals surface area contributed by atoms with Gasteiger partial charge in [-0.3, -0.25) is 0 Å². The number of rotatable bonds is 11. The van der Waals surface area contributed by atoms with Gasteiger partial charge in [-0.15, -0.1) is 0 Å². The number of hydrogen-bond acceptors (Lipinski definition) is 6. The quantitative estimate of drug-likeness (QED) is 0.380. The first-order valence-corrected chi connectivity index (χ1v) is 10.4. The first kappa shape index (κ1) is 24.6. The van der Waals surface area contributed by atoms with Crippen molar-refractivity contribution in [1.82, 2.24) is 0 Å². The molecule has 0 heterocycles. The Balaban J connectivity index is 2.40. The normalized spacial score (nSPS) is 10.4. The zero-order chi connectivity index (χ0) is 23.7. The monoisotopic (exact) mass is 442 g/mol. The summed E-state index contributed by atoms with van der Waals surface area (Å²) in [5.41, 5.74) is 0.0496. The number of benzene rings is 2. The van der Waals surface area contributed by atoms with E-state index in [9.17, 15) is 29.4 Å². The number of unbranched alkanes of at least 4 members (excludes halogenated alkanes) is 2. The largest absolute Gasteiger partial charge is 0.478 e. The molecule has 8 heteroatoms. The Morgan fingerprint density at radius 2 is 1.03 bits per heavy atom. The van der Waals surface area contributed by atoms with Gasteiger partial charge in [0.25, 0.3) is 0 Å². The second-order valence-corrected chi connectivity index (χ2v) is 7.11. The van der Waals surface area contributed by atoms with Gasteiger partial charge < -0.3 is 19.7 Å². The van der Waals surface area contributed by atoms with E-state index >= 15 is 0 Å². The Morgan fingerprint density at radius 3 is 1.34 bits per heavy atom. The molecule has 0 aliphatic rings. The predicted molar refractivity (Wildman–Crippen MR) is 116 cm³/mol. The van der Waals surface area contributed by atoms with Gasteiger partial charge in [0.2, 0.25) is 0 Å². The van der Waals surface area contributed by atoms with Crippen LogP contribution in [-0.4, -0.2) is 47.3 Å². The molecule has 8 nitrogen and oxygen atoms in total. The Kier molecular flexibility index (Phi) is 8.95. The van der Waals surface area contributed by atoms with Crippen LogP contribution in [0.4, 0.5) is 0 Å². The van der Waals surface area contributed by atoms with Crippen molar-refractivity contribution < 1.29 is 38.9 Å². The van der Waals surface area contributed by atoms with Gasteiger partial charge in [-0.05, 0) is 48.2 Å². The van der Waals surface area contributed by atoms with Crippen LogP contribution in [-0.2, 0) is 9.47 Å². The van der Waals surface area contributed by atoms with Gasteiger partial charge in [0.1, 0.15) is 0 Å². The first-order chi connectivity index (χ1) is 15.3. The average Bonchev–Trinajstić information content (AvgIpc) is 2.78. The van der Waals surface area contributed by atoms with E-state index in [-0.39, 0.29) is 35.5 Å². The van der Waals surface area contributed by atoms with Gasteiger partial charge >= 0.3 is 23.9 Å². The molecule has 0 aliphatic heterocycles. The van der Waals surface area contributed by atoms with E-state index in [1.807, 2.05) is 13.8 Å².